The van der Waals surface area contributed by atoms with E-state index in [1.807, 2.05) is 30.5 Å². The van der Waals surface area contributed by atoms with Gasteiger partial charge in [0.15, 0.2) is 0 Å². The lowest BCUT2D eigenvalue weighted by molar-refractivity contribution is 0.670. The normalized spacial score (nSPS) is 11.3. The number of aromatic nitrogens is 1. The predicted molar refractivity (Wildman–Crippen MR) is 107 cm³/mol. The van der Waals surface area contributed by atoms with E-state index in [0.29, 0.717) is 0 Å². The quantitative estimate of drug-likeness (QED) is 0.362. The third kappa shape index (κ3) is 2.39. The Balaban J connectivity index is 1.71. The smallest absolute Gasteiger partial charge is 0.144 e. The van der Waals surface area contributed by atoms with Crippen LogP contribution in [0.5, 0.6) is 0 Å². The van der Waals surface area contributed by atoms with Gasteiger partial charge in [0, 0.05) is 22.5 Å². The minimum Gasteiger partial charge on any atom is -0.455 e. The molecule has 0 fully saturated rings. The maximum absolute atomic E-state index is 6.16. The molecule has 124 valence electrons. The van der Waals surface area contributed by atoms with Gasteiger partial charge in [-0.25, -0.2) is 0 Å². The summed E-state index contributed by atoms with van der Waals surface area (Å²) in [6, 6.07) is 27.1. The molecule has 0 aliphatic heterocycles. The highest BCUT2D eigenvalue weighted by Gasteiger charge is 2.13. The fraction of sp³-hybridized carbons (Fsp3) is 0.0417. The summed E-state index contributed by atoms with van der Waals surface area (Å²) >= 11 is 0. The van der Waals surface area contributed by atoms with Crippen molar-refractivity contribution in [2.75, 3.05) is 0 Å². The lowest BCUT2D eigenvalue weighted by Crippen LogP contribution is -1.86. The first-order valence-electron chi connectivity index (χ1n) is 8.73. The van der Waals surface area contributed by atoms with Gasteiger partial charge in [0.2, 0.25) is 0 Å². The standard InChI is InChI=1S/C24H17NO/c1-16-9-11-17(12-10-16)18-13-14-25-22(15-18)21-7-4-6-20-19-5-2-3-8-23(19)26-24(20)21/h2-15H,1H3. The van der Waals surface area contributed by atoms with Gasteiger partial charge in [0.25, 0.3) is 0 Å². The zero-order chi connectivity index (χ0) is 17.5. The molecular formula is C24H17NO. The van der Waals surface area contributed by atoms with E-state index in [9.17, 15) is 0 Å². The van der Waals surface area contributed by atoms with Crippen molar-refractivity contribution in [3.8, 4) is 22.4 Å². The van der Waals surface area contributed by atoms with Crippen LogP contribution in [0.2, 0.25) is 0 Å². The van der Waals surface area contributed by atoms with Crippen LogP contribution in [-0.4, -0.2) is 4.98 Å². The van der Waals surface area contributed by atoms with Crippen LogP contribution in [0, 0.1) is 6.92 Å². The molecule has 26 heavy (non-hydrogen) atoms. The summed E-state index contributed by atoms with van der Waals surface area (Å²) in [6.07, 6.45) is 1.87. The average Bonchev–Trinajstić information content (AvgIpc) is 3.07. The number of hydrogen-bond acceptors (Lipinski definition) is 2. The molecule has 0 atom stereocenters. The van der Waals surface area contributed by atoms with E-state index in [-0.39, 0.29) is 0 Å². The summed E-state index contributed by atoms with van der Waals surface area (Å²) in [7, 11) is 0. The van der Waals surface area contributed by atoms with Crippen molar-refractivity contribution in [1.82, 2.24) is 4.98 Å². The second-order valence-electron chi connectivity index (χ2n) is 6.58. The summed E-state index contributed by atoms with van der Waals surface area (Å²) in [4.78, 5) is 4.61. The predicted octanol–water partition coefficient (Wildman–Crippen LogP) is 6.62. The molecule has 2 heteroatoms. The van der Waals surface area contributed by atoms with Gasteiger partial charge in [-0.1, -0.05) is 60.2 Å². The van der Waals surface area contributed by atoms with Crippen molar-refractivity contribution >= 4 is 21.9 Å². The molecule has 2 aromatic heterocycles. The van der Waals surface area contributed by atoms with Gasteiger partial charge in [-0.05, 0) is 42.3 Å². The number of benzene rings is 3. The zero-order valence-electron chi connectivity index (χ0n) is 14.4. The van der Waals surface area contributed by atoms with Gasteiger partial charge in [-0.15, -0.1) is 0 Å². The van der Waals surface area contributed by atoms with E-state index in [2.05, 4.69) is 66.5 Å². The average molecular weight is 335 g/mol. The van der Waals surface area contributed by atoms with E-state index in [1.165, 1.54) is 11.1 Å². The molecule has 2 nitrogen and oxygen atoms in total. The lowest BCUT2D eigenvalue weighted by atomic mass is 10.0. The molecule has 5 rings (SSSR count). The van der Waals surface area contributed by atoms with Gasteiger partial charge in [0.1, 0.15) is 11.2 Å². The van der Waals surface area contributed by atoms with Gasteiger partial charge in [-0.2, -0.15) is 0 Å². The largest absolute Gasteiger partial charge is 0.455 e. The number of nitrogens with zero attached hydrogens (tertiary/aromatic N) is 1. The highest BCUT2D eigenvalue weighted by molar-refractivity contribution is 6.09. The van der Waals surface area contributed by atoms with Crippen LogP contribution in [0.25, 0.3) is 44.3 Å². The van der Waals surface area contributed by atoms with Crippen LogP contribution in [0.1, 0.15) is 5.56 Å². The summed E-state index contributed by atoms with van der Waals surface area (Å²) in [5.74, 6) is 0. The molecular weight excluding hydrogens is 318 g/mol. The Labute approximate surface area is 151 Å². The molecule has 0 aliphatic carbocycles. The van der Waals surface area contributed by atoms with E-state index in [1.54, 1.807) is 0 Å². The number of fused-ring (bicyclic) bond motifs is 3. The number of para-hydroxylation sites is 2. The van der Waals surface area contributed by atoms with Crippen molar-refractivity contribution in [1.29, 1.82) is 0 Å². The molecule has 0 unspecified atom stereocenters. The minimum absolute atomic E-state index is 0.891. The third-order valence-corrected chi connectivity index (χ3v) is 4.83. The Morgan fingerprint density at radius 1 is 0.731 bits per heavy atom. The molecule has 0 spiro atoms. The van der Waals surface area contributed by atoms with E-state index >= 15 is 0 Å². The summed E-state index contributed by atoms with van der Waals surface area (Å²) in [5.41, 5.74) is 7.35. The number of aryl methyl sites for hydroxylation is 1. The van der Waals surface area contributed by atoms with Crippen LogP contribution < -0.4 is 0 Å². The van der Waals surface area contributed by atoms with Crippen molar-refractivity contribution in [2.24, 2.45) is 0 Å². The molecule has 0 saturated heterocycles. The Bertz CT molecular complexity index is 1230. The molecule has 0 radical (unpaired) electrons. The van der Waals surface area contributed by atoms with E-state index in [4.69, 9.17) is 4.42 Å². The highest BCUT2D eigenvalue weighted by atomic mass is 16.3. The maximum Gasteiger partial charge on any atom is 0.144 e. The van der Waals surface area contributed by atoms with Crippen LogP contribution in [-0.2, 0) is 0 Å². The van der Waals surface area contributed by atoms with E-state index < -0.39 is 0 Å². The summed E-state index contributed by atoms with van der Waals surface area (Å²) in [6.45, 7) is 2.10. The number of pyridine rings is 1. The second kappa shape index (κ2) is 5.85. The summed E-state index contributed by atoms with van der Waals surface area (Å²) in [5, 5.41) is 2.26. The maximum atomic E-state index is 6.16. The SMILES string of the molecule is Cc1ccc(-c2ccnc(-c3cccc4c3oc3ccccc34)c2)cc1. The first-order valence-corrected chi connectivity index (χ1v) is 8.73. The van der Waals surface area contributed by atoms with Gasteiger partial charge < -0.3 is 4.42 Å². The monoisotopic (exact) mass is 335 g/mol. The third-order valence-electron chi connectivity index (χ3n) is 4.83. The molecule has 5 aromatic rings. The minimum atomic E-state index is 0.891. The molecule has 0 saturated carbocycles. The van der Waals surface area contributed by atoms with Gasteiger partial charge >= 0.3 is 0 Å². The van der Waals surface area contributed by atoms with Gasteiger partial charge in [-0.3, -0.25) is 4.98 Å². The van der Waals surface area contributed by atoms with Gasteiger partial charge in [0.05, 0.1) is 5.69 Å². The molecule has 0 amide bonds. The molecule has 3 aromatic carbocycles. The fourth-order valence-corrected chi connectivity index (χ4v) is 3.45. The Morgan fingerprint density at radius 2 is 1.54 bits per heavy atom. The van der Waals surface area contributed by atoms with Crippen LogP contribution in [0.15, 0.2) is 89.5 Å². The van der Waals surface area contributed by atoms with Crippen molar-refractivity contribution in [2.45, 2.75) is 6.92 Å². The van der Waals surface area contributed by atoms with Crippen molar-refractivity contribution < 1.29 is 4.42 Å². The van der Waals surface area contributed by atoms with Crippen LogP contribution >= 0.6 is 0 Å². The lowest BCUT2D eigenvalue weighted by Gasteiger charge is -2.06. The Kier molecular flexibility index (Phi) is 3.36. The first kappa shape index (κ1) is 14.9. The van der Waals surface area contributed by atoms with Crippen LogP contribution in [0.4, 0.5) is 0 Å². The molecule has 2 heterocycles. The fourth-order valence-electron chi connectivity index (χ4n) is 3.45. The first-order chi connectivity index (χ1) is 12.8. The molecule has 0 bridgehead atoms. The topological polar surface area (TPSA) is 26.0 Å². The van der Waals surface area contributed by atoms with Crippen molar-refractivity contribution in [3.63, 3.8) is 0 Å². The van der Waals surface area contributed by atoms with Crippen molar-refractivity contribution in [3.05, 3.63) is 90.6 Å². The number of furan rings is 1. The number of hydrogen-bond donors (Lipinski definition) is 0. The summed E-state index contributed by atoms with van der Waals surface area (Å²) < 4.78 is 6.16. The van der Waals surface area contributed by atoms with E-state index in [0.717, 1.165) is 38.8 Å². The molecule has 0 aliphatic rings. The second-order valence-corrected chi connectivity index (χ2v) is 6.58. The zero-order valence-corrected chi connectivity index (χ0v) is 14.4. The molecule has 0 N–H and O–H groups in total. The highest BCUT2D eigenvalue weighted by Crippen LogP contribution is 2.35. The van der Waals surface area contributed by atoms with Crippen LogP contribution in [0.3, 0.4) is 0 Å². The Morgan fingerprint density at radius 3 is 2.42 bits per heavy atom. The Hall–Kier alpha value is -3.39. The number of rotatable bonds is 2.